The molecule has 1 heterocycles. The number of methoxy groups -OCH3 is 1. The van der Waals surface area contributed by atoms with Gasteiger partial charge in [-0.15, -0.1) is 0 Å². The van der Waals surface area contributed by atoms with Gasteiger partial charge in [-0.25, -0.2) is 8.42 Å². The van der Waals surface area contributed by atoms with Gasteiger partial charge in [-0.3, -0.25) is 9.10 Å². The molecule has 2 aromatic carbocycles. The molecule has 1 aliphatic rings. The van der Waals surface area contributed by atoms with Gasteiger partial charge in [0.05, 0.1) is 17.7 Å². The average molecular weight is 403 g/mol. The first kappa shape index (κ1) is 20.2. The summed E-state index contributed by atoms with van der Waals surface area (Å²) in [4.78, 5) is 14.7. The second kappa shape index (κ2) is 8.22. The van der Waals surface area contributed by atoms with Gasteiger partial charge in [0.2, 0.25) is 5.91 Å². The lowest BCUT2D eigenvalue weighted by Crippen LogP contribution is -2.42. The monoisotopic (exact) mass is 402 g/mol. The van der Waals surface area contributed by atoms with Crippen LogP contribution in [0.15, 0.2) is 47.4 Å². The van der Waals surface area contributed by atoms with E-state index >= 15 is 0 Å². The van der Waals surface area contributed by atoms with Crippen LogP contribution in [0.25, 0.3) is 0 Å². The number of ether oxygens (including phenoxy) is 1. The van der Waals surface area contributed by atoms with Crippen molar-refractivity contribution < 1.29 is 17.9 Å². The fourth-order valence-corrected chi connectivity index (χ4v) is 4.74. The van der Waals surface area contributed by atoms with Crippen molar-refractivity contribution in [3.05, 3.63) is 53.6 Å². The number of nitrogens with zero attached hydrogens (tertiary/aromatic N) is 2. The van der Waals surface area contributed by atoms with Gasteiger partial charge < -0.3 is 9.64 Å². The van der Waals surface area contributed by atoms with Gasteiger partial charge in [0.15, 0.2) is 0 Å². The van der Waals surface area contributed by atoms with E-state index in [4.69, 9.17) is 4.74 Å². The maximum Gasteiger partial charge on any atom is 0.264 e. The number of benzene rings is 2. The highest BCUT2D eigenvalue weighted by Gasteiger charge is 2.31. The molecule has 0 bridgehead atoms. The topological polar surface area (TPSA) is 66.9 Å². The molecule has 0 atom stereocenters. The number of anilines is 1. The number of rotatable bonds is 6. The zero-order valence-corrected chi connectivity index (χ0v) is 17.3. The van der Waals surface area contributed by atoms with Crippen molar-refractivity contribution in [2.24, 2.45) is 0 Å². The largest absolute Gasteiger partial charge is 0.495 e. The summed E-state index contributed by atoms with van der Waals surface area (Å²) in [6.45, 7) is 4.86. The number of likely N-dealkylation sites (tertiary alicyclic amines) is 1. The summed E-state index contributed by atoms with van der Waals surface area (Å²) in [5, 5.41) is 0. The molecule has 0 unspecified atom stereocenters. The number of carbonyl (C=O) groups excluding carboxylic acids is 1. The first-order chi connectivity index (χ1) is 13.3. The van der Waals surface area contributed by atoms with Gasteiger partial charge in [0.25, 0.3) is 10.0 Å². The minimum atomic E-state index is -3.94. The lowest BCUT2D eigenvalue weighted by molar-refractivity contribution is -0.128. The average Bonchev–Trinajstić information content (AvgIpc) is 3.21. The molecule has 1 aliphatic heterocycles. The molecule has 1 amide bonds. The molecule has 1 saturated heterocycles. The van der Waals surface area contributed by atoms with Crippen LogP contribution < -0.4 is 9.04 Å². The summed E-state index contributed by atoms with van der Waals surface area (Å²) in [6, 6.07) is 12.0. The third-order valence-electron chi connectivity index (χ3n) is 4.95. The van der Waals surface area contributed by atoms with Crippen molar-refractivity contribution in [3.63, 3.8) is 0 Å². The second-order valence-electron chi connectivity index (χ2n) is 7.09. The summed E-state index contributed by atoms with van der Waals surface area (Å²) in [7, 11) is -2.45. The summed E-state index contributed by atoms with van der Waals surface area (Å²) >= 11 is 0. The van der Waals surface area contributed by atoms with E-state index in [0.29, 0.717) is 24.5 Å². The molecule has 0 N–H and O–H groups in total. The summed E-state index contributed by atoms with van der Waals surface area (Å²) in [6.07, 6.45) is 1.90. The van der Waals surface area contributed by atoms with E-state index in [1.165, 1.54) is 11.4 Å². The number of hydrogen-bond donors (Lipinski definition) is 0. The molecule has 0 aromatic heterocycles. The Hall–Kier alpha value is -2.54. The highest BCUT2D eigenvalue weighted by molar-refractivity contribution is 7.92. The van der Waals surface area contributed by atoms with Crippen molar-refractivity contribution >= 4 is 21.6 Å². The Balaban J connectivity index is 2.07. The lowest BCUT2D eigenvalue weighted by Gasteiger charge is -2.28. The SMILES string of the molecule is COc1ccc(C)cc1N(CC(=O)N1CCCC1)S(=O)(=O)c1ccc(C)cc1. The first-order valence-electron chi connectivity index (χ1n) is 9.35. The van der Waals surface area contributed by atoms with Gasteiger partial charge in [-0.2, -0.15) is 0 Å². The Bertz CT molecular complexity index is 949. The van der Waals surface area contributed by atoms with Crippen LogP contribution in [-0.2, 0) is 14.8 Å². The number of aryl methyl sites for hydroxylation is 2. The molecule has 0 saturated carbocycles. The fourth-order valence-electron chi connectivity index (χ4n) is 3.32. The molecule has 0 aliphatic carbocycles. The molecule has 0 radical (unpaired) electrons. The first-order valence-corrected chi connectivity index (χ1v) is 10.8. The van der Waals surface area contributed by atoms with Gasteiger partial charge in [-0.1, -0.05) is 23.8 Å². The second-order valence-corrected chi connectivity index (χ2v) is 8.95. The minimum absolute atomic E-state index is 0.149. The third-order valence-corrected chi connectivity index (χ3v) is 6.72. The highest BCUT2D eigenvalue weighted by atomic mass is 32.2. The quantitative estimate of drug-likeness (QED) is 0.745. The van der Waals surface area contributed by atoms with E-state index in [0.717, 1.165) is 24.0 Å². The molecule has 150 valence electrons. The predicted octanol–water partition coefficient (Wildman–Crippen LogP) is 3.13. The van der Waals surface area contributed by atoms with Crippen molar-refractivity contribution in [1.82, 2.24) is 4.90 Å². The minimum Gasteiger partial charge on any atom is -0.495 e. The Kier molecular flexibility index (Phi) is 5.93. The van der Waals surface area contributed by atoms with Crippen molar-refractivity contribution in [2.75, 3.05) is 31.0 Å². The van der Waals surface area contributed by atoms with Crippen LogP contribution in [0.1, 0.15) is 24.0 Å². The summed E-state index contributed by atoms with van der Waals surface area (Å²) in [5.74, 6) is 0.215. The maximum atomic E-state index is 13.5. The van der Waals surface area contributed by atoms with Crippen molar-refractivity contribution in [1.29, 1.82) is 0 Å². The van der Waals surface area contributed by atoms with E-state index in [9.17, 15) is 13.2 Å². The van der Waals surface area contributed by atoms with Crippen LogP contribution in [0.2, 0.25) is 0 Å². The summed E-state index contributed by atoms with van der Waals surface area (Å²) in [5.41, 5.74) is 2.22. The number of hydrogen-bond acceptors (Lipinski definition) is 4. The molecular weight excluding hydrogens is 376 g/mol. The standard InChI is InChI=1S/C21H26N2O4S/c1-16-6-9-18(10-7-16)28(25,26)23(15-21(24)22-12-4-5-13-22)19-14-17(2)8-11-20(19)27-3/h6-11,14H,4-5,12-13,15H2,1-3H3. The Morgan fingerprint density at radius 2 is 1.64 bits per heavy atom. The zero-order valence-electron chi connectivity index (χ0n) is 16.5. The van der Waals surface area contributed by atoms with Crippen LogP contribution in [-0.4, -0.2) is 46.0 Å². The van der Waals surface area contributed by atoms with Crippen LogP contribution >= 0.6 is 0 Å². The Morgan fingerprint density at radius 3 is 2.25 bits per heavy atom. The molecule has 28 heavy (non-hydrogen) atoms. The van der Waals surface area contributed by atoms with Gasteiger partial charge in [0, 0.05) is 13.1 Å². The molecule has 7 heteroatoms. The Labute approximate surface area is 166 Å². The molecule has 6 nitrogen and oxygen atoms in total. The van der Waals surface area contributed by atoms with Crippen molar-refractivity contribution in [3.8, 4) is 5.75 Å². The highest BCUT2D eigenvalue weighted by Crippen LogP contribution is 2.33. The fraction of sp³-hybridized carbons (Fsp3) is 0.381. The van der Waals surface area contributed by atoms with E-state index in [2.05, 4.69) is 0 Å². The smallest absolute Gasteiger partial charge is 0.264 e. The molecule has 2 aromatic rings. The number of sulfonamides is 1. The van der Waals surface area contributed by atoms with E-state index in [1.54, 1.807) is 41.3 Å². The van der Waals surface area contributed by atoms with Crippen LogP contribution in [0.3, 0.4) is 0 Å². The van der Waals surface area contributed by atoms with Gasteiger partial charge in [0.1, 0.15) is 12.3 Å². The van der Waals surface area contributed by atoms with Gasteiger partial charge >= 0.3 is 0 Å². The van der Waals surface area contributed by atoms with Crippen molar-refractivity contribution in [2.45, 2.75) is 31.6 Å². The molecule has 0 spiro atoms. The third kappa shape index (κ3) is 4.14. The summed E-state index contributed by atoms with van der Waals surface area (Å²) < 4.78 is 33.5. The van der Waals surface area contributed by atoms with Crippen LogP contribution in [0.4, 0.5) is 5.69 Å². The normalized spacial score (nSPS) is 14.2. The van der Waals surface area contributed by atoms with E-state index < -0.39 is 10.0 Å². The predicted molar refractivity (Wildman–Crippen MR) is 109 cm³/mol. The number of amides is 1. The lowest BCUT2D eigenvalue weighted by atomic mass is 10.2. The number of carbonyl (C=O) groups is 1. The van der Waals surface area contributed by atoms with Gasteiger partial charge in [-0.05, 0) is 56.5 Å². The van der Waals surface area contributed by atoms with Crippen LogP contribution in [0.5, 0.6) is 5.75 Å². The molecule has 1 fully saturated rings. The van der Waals surface area contributed by atoms with E-state index in [1.807, 2.05) is 19.9 Å². The molecular formula is C21H26N2O4S. The zero-order chi connectivity index (χ0) is 20.3. The molecule has 3 rings (SSSR count). The van der Waals surface area contributed by atoms with E-state index in [-0.39, 0.29) is 17.3 Å². The Morgan fingerprint density at radius 1 is 1.04 bits per heavy atom. The maximum absolute atomic E-state index is 13.5. The van der Waals surface area contributed by atoms with Crippen LogP contribution in [0, 0.1) is 13.8 Å².